The zero-order valence-electron chi connectivity index (χ0n) is 17.4. The van der Waals surface area contributed by atoms with Crippen LogP contribution in [0.5, 0.6) is 11.6 Å². The van der Waals surface area contributed by atoms with Gasteiger partial charge in [0.25, 0.3) is 0 Å². The molecule has 7 nitrogen and oxygen atoms in total. The molecule has 0 radical (unpaired) electrons. The molecule has 2 N–H and O–H groups in total. The summed E-state index contributed by atoms with van der Waals surface area (Å²) in [6.45, 7) is 5.55. The summed E-state index contributed by atoms with van der Waals surface area (Å²) in [4.78, 5) is 8.53. The highest BCUT2D eigenvalue weighted by atomic mass is 16.5. The van der Waals surface area contributed by atoms with Crippen LogP contribution in [0.3, 0.4) is 0 Å². The molecule has 1 aromatic carbocycles. The molecule has 156 valence electrons. The largest absolute Gasteiger partial charge is 0.493 e. The maximum absolute atomic E-state index is 6.12. The molecule has 2 aromatic rings. The number of aromatic nitrogens is 1. The monoisotopic (exact) mass is 398 g/mol. The van der Waals surface area contributed by atoms with E-state index >= 15 is 0 Å². The first-order chi connectivity index (χ1) is 14.2. The fourth-order valence-corrected chi connectivity index (χ4v) is 3.19. The van der Waals surface area contributed by atoms with Crippen molar-refractivity contribution in [1.29, 1.82) is 0 Å². The van der Waals surface area contributed by atoms with Crippen molar-refractivity contribution in [3.8, 4) is 11.6 Å². The van der Waals surface area contributed by atoms with Gasteiger partial charge < -0.3 is 24.8 Å². The number of pyridine rings is 1. The topological polar surface area (TPSA) is 77.0 Å². The minimum atomic E-state index is 0.472. The van der Waals surface area contributed by atoms with Gasteiger partial charge in [0.05, 0.1) is 20.3 Å². The first kappa shape index (κ1) is 20.9. The van der Waals surface area contributed by atoms with E-state index in [-0.39, 0.29) is 0 Å². The molecular formula is C22H30N4O3. The van der Waals surface area contributed by atoms with Gasteiger partial charge in [-0.25, -0.2) is 4.98 Å². The number of aliphatic imine (C=N–C) groups is 1. The molecular weight excluding hydrogens is 368 g/mol. The molecule has 3 rings (SSSR count). The van der Waals surface area contributed by atoms with E-state index in [1.165, 1.54) is 5.56 Å². The number of benzene rings is 1. The van der Waals surface area contributed by atoms with Gasteiger partial charge in [-0.1, -0.05) is 18.2 Å². The standard InChI is InChI=1S/C22H30N4O3/c1-16-6-7-18(20(11-16)29-15-17-8-10-28-14-17)12-25-22(23-2)26-13-19-5-4-9-24-21(19)27-3/h4-7,9,11,17H,8,10,12-15H2,1-3H3,(H2,23,25,26). The number of hydrogen-bond acceptors (Lipinski definition) is 5. The second-order valence-electron chi connectivity index (χ2n) is 7.10. The molecule has 29 heavy (non-hydrogen) atoms. The molecule has 2 heterocycles. The first-order valence-electron chi connectivity index (χ1n) is 9.92. The molecule has 1 unspecified atom stereocenters. The summed E-state index contributed by atoms with van der Waals surface area (Å²) in [5.74, 6) is 2.70. The fraction of sp³-hybridized carbons (Fsp3) is 0.455. The number of ether oxygens (including phenoxy) is 3. The summed E-state index contributed by atoms with van der Waals surface area (Å²) in [6.07, 6.45) is 2.78. The maximum Gasteiger partial charge on any atom is 0.218 e. The minimum absolute atomic E-state index is 0.472. The zero-order chi connectivity index (χ0) is 20.5. The molecule has 1 aromatic heterocycles. The molecule has 1 aliphatic rings. The number of nitrogens with one attached hydrogen (secondary N) is 2. The Labute approximate surface area is 172 Å². The number of guanidine groups is 1. The molecule has 0 aliphatic carbocycles. The first-order valence-corrected chi connectivity index (χ1v) is 9.92. The van der Waals surface area contributed by atoms with E-state index in [0.717, 1.165) is 36.5 Å². The average molecular weight is 399 g/mol. The van der Waals surface area contributed by atoms with Crippen molar-refractivity contribution in [2.24, 2.45) is 10.9 Å². The van der Waals surface area contributed by atoms with Gasteiger partial charge in [0, 0.05) is 50.0 Å². The Kier molecular flexibility index (Phi) is 7.69. The number of hydrogen-bond donors (Lipinski definition) is 2. The lowest BCUT2D eigenvalue weighted by atomic mass is 10.1. The third-order valence-corrected chi connectivity index (χ3v) is 4.88. The van der Waals surface area contributed by atoms with Gasteiger partial charge >= 0.3 is 0 Å². The van der Waals surface area contributed by atoms with Gasteiger partial charge in [-0.2, -0.15) is 0 Å². The lowest BCUT2D eigenvalue weighted by Crippen LogP contribution is -2.36. The van der Waals surface area contributed by atoms with Crippen molar-refractivity contribution in [2.75, 3.05) is 34.0 Å². The van der Waals surface area contributed by atoms with Gasteiger partial charge in [-0.3, -0.25) is 4.99 Å². The van der Waals surface area contributed by atoms with Crippen LogP contribution in [0.25, 0.3) is 0 Å². The molecule has 1 saturated heterocycles. The van der Waals surface area contributed by atoms with Gasteiger partial charge in [0.15, 0.2) is 5.96 Å². The molecule has 0 spiro atoms. The van der Waals surface area contributed by atoms with E-state index in [2.05, 4.69) is 45.7 Å². The third-order valence-electron chi connectivity index (χ3n) is 4.88. The lowest BCUT2D eigenvalue weighted by Gasteiger charge is -2.17. The molecule has 1 aliphatic heterocycles. The number of aryl methyl sites for hydroxylation is 1. The van der Waals surface area contributed by atoms with E-state index in [4.69, 9.17) is 14.2 Å². The van der Waals surface area contributed by atoms with Gasteiger partial charge in [-0.05, 0) is 31.0 Å². The molecule has 7 heteroatoms. The van der Waals surface area contributed by atoms with E-state index in [0.29, 0.717) is 37.5 Å². The fourth-order valence-electron chi connectivity index (χ4n) is 3.19. The van der Waals surface area contributed by atoms with E-state index < -0.39 is 0 Å². The molecule has 0 bridgehead atoms. The summed E-state index contributed by atoms with van der Waals surface area (Å²) in [7, 11) is 3.37. The van der Waals surface area contributed by atoms with Crippen LogP contribution in [0, 0.1) is 12.8 Å². The highest BCUT2D eigenvalue weighted by Crippen LogP contribution is 2.22. The summed E-state index contributed by atoms with van der Waals surface area (Å²) < 4.78 is 16.9. The van der Waals surface area contributed by atoms with Crippen molar-refractivity contribution in [3.05, 3.63) is 53.2 Å². The lowest BCUT2D eigenvalue weighted by molar-refractivity contribution is 0.166. The number of nitrogens with zero attached hydrogens (tertiary/aromatic N) is 2. The highest BCUT2D eigenvalue weighted by molar-refractivity contribution is 5.79. The Morgan fingerprint density at radius 2 is 2.07 bits per heavy atom. The van der Waals surface area contributed by atoms with Crippen molar-refractivity contribution in [2.45, 2.75) is 26.4 Å². The SMILES string of the molecule is CN=C(NCc1ccc(C)cc1OCC1CCOC1)NCc1cccnc1OC. The van der Waals surface area contributed by atoms with E-state index in [9.17, 15) is 0 Å². The van der Waals surface area contributed by atoms with Crippen molar-refractivity contribution < 1.29 is 14.2 Å². The second kappa shape index (κ2) is 10.7. The zero-order valence-corrected chi connectivity index (χ0v) is 17.4. The van der Waals surface area contributed by atoms with E-state index in [1.54, 1.807) is 20.4 Å². The predicted octanol–water partition coefficient (Wildman–Crippen LogP) is 2.68. The van der Waals surface area contributed by atoms with Crippen LogP contribution in [-0.4, -0.2) is 44.9 Å². The van der Waals surface area contributed by atoms with Crippen LogP contribution in [-0.2, 0) is 17.8 Å². The van der Waals surface area contributed by atoms with Crippen LogP contribution in [0.4, 0.5) is 0 Å². The second-order valence-corrected chi connectivity index (χ2v) is 7.10. The van der Waals surface area contributed by atoms with Crippen molar-refractivity contribution in [3.63, 3.8) is 0 Å². The molecule has 0 saturated carbocycles. The summed E-state index contributed by atoms with van der Waals surface area (Å²) >= 11 is 0. The Morgan fingerprint density at radius 3 is 2.79 bits per heavy atom. The van der Waals surface area contributed by atoms with Gasteiger partial charge in [0.2, 0.25) is 5.88 Å². The average Bonchev–Trinajstić information content (AvgIpc) is 3.27. The van der Waals surface area contributed by atoms with Crippen LogP contribution >= 0.6 is 0 Å². The summed E-state index contributed by atoms with van der Waals surface area (Å²) in [5.41, 5.74) is 3.24. The Morgan fingerprint density at radius 1 is 1.24 bits per heavy atom. The van der Waals surface area contributed by atoms with Crippen molar-refractivity contribution in [1.82, 2.24) is 15.6 Å². The van der Waals surface area contributed by atoms with Crippen LogP contribution < -0.4 is 20.1 Å². The number of methoxy groups -OCH3 is 1. The van der Waals surface area contributed by atoms with Crippen LogP contribution in [0.2, 0.25) is 0 Å². The predicted molar refractivity (Wildman–Crippen MR) is 113 cm³/mol. The third kappa shape index (κ3) is 6.09. The normalized spacial score (nSPS) is 16.5. The van der Waals surface area contributed by atoms with Crippen LogP contribution in [0.15, 0.2) is 41.5 Å². The highest BCUT2D eigenvalue weighted by Gasteiger charge is 2.17. The molecule has 1 atom stereocenters. The van der Waals surface area contributed by atoms with Crippen molar-refractivity contribution >= 4 is 5.96 Å². The minimum Gasteiger partial charge on any atom is -0.493 e. The van der Waals surface area contributed by atoms with E-state index in [1.807, 2.05) is 12.1 Å². The quantitative estimate of drug-likeness (QED) is 0.526. The Hall–Kier alpha value is -2.80. The van der Waals surface area contributed by atoms with Gasteiger partial charge in [0.1, 0.15) is 5.75 Å². The smallest absolute Gasteiger partial charge is 0.218 e. The maximum atomic E-state index is 6.12. The molecule has 1 fully saturated rings. The van der Waals surface area contributed by atoms with Gasteiger partial charge in [-0.15, -0.1) is 0 Å². The molecule has 0 amide bonds. The summed E-state index contributed by atoms with van der Waals surface area (Å²) in [6, 6.07) is 10.1. The summed E-state index contributed by atoms with van der Waals surface area (Å²) in [5, 5.41) is 6.65. The Bertz CT molecular complexity index is 819. The van der Waals surface area contributed by atoms with Crippen LogP contribution in [0.1, 0.15) is 23.1 Å². The number of rotatable bonds is 8. The Balaban J connectivity index is 1.57.